The summed E-state index contributed by atoms with van der Waals surface area (Å²) in [5.74, 6) is -2.34. The number of nitrogens with zero attached hydrogens (tertiary/aromatic N) is 1. The van der Waals surface area contributed by atoms with Gasteiger partial charge in [0.1, 0.15) is 13.2 Å². The molecule has 0 aromatic rings. The zero-order valence-electron chi connectivity index (χ0n) is 52.1. The van der Waals surface area contributed by atoms with Gasteiger partial charge in [0, 0.05) is 12.8 Å². The number of quaternary nitrogens is 1. The van der Waals surface area contributed by atoms with Crippen LogP contribution in [0.15, 0.2) is 146 Å². The van der Waals surface area contributed by atoms with Gasteiger partial charge in [-0.1, -0.05) is 250 Å². The van der Waals surface area contributed by atoms with Crippen LogP contribution in [0.5, 0.6) is 0 Å². The summed E-state index contributed by atoms with van der Waals surface area (Å²) >= 11 is 0. The van der Waals surface area contributed by atoms with Gasteiger partial charge < -0.3 is 33.3 Å². The number of aliphatic carboxylic acids is 1. The lowest BCUT2D eigenvalue weighted by Crippen LogP contribution is -2.44. The Morgan fingerprint density at radius 2 is 0.667 bits per heavy atom. The van der Waals surface area contributed by atoms with Gasteiger partial charge in [-0.15, -0.1) is 0 Å². The van der Waals surface area contributed by atoms with Crippen LogP contribution in [0, 0.1) is 0 Å². The van der Waals surface area contributed by atoms with Crippen molar-refractivity contribution in [1.29, 1.82) is 0 Å². The van der Waals surface area contributed by atoms with Crippen molar-refractivity contribution in [1.82, 2.24) is 0 Å². The molecular weight excluding hydrogens is 1010 g/mol. The molecule has 0 aliphatic heterocycles. The fourth-order valence-electron chi connectivity index (χ4n) is 8.25. The van der Waals surface area contributed by atoms with Crippen LogP contribution < -0.4 is 5.11 Å². The molecule has 0 fully saturated rings. The molecule has 0 saturated carbocycles. The zero-order chi connectivity index (χ0) is 59.1. The fourth-order valence-corrected chi connectivity index (χ4v) is 8.25. The van der Waals surface area contributed by atoms with E-state index in [0.717, 1.165) is 116 Å². The van der Waals surface area contributed by atoms with Gasteiger partial charge in [0.25, 0.3) is 0 Å². The molecule has 458 valence electrons. The second-order valence-electron chi connectivity index (χ2n) is 21.9. The molecule has 0 aromatic heterocycles. The molecule has 0 aliphatic carbocycles. The first-order chi connectivity index (χ1) is 39.6. The van der Waals surface area contributed by atoms with E-state index in [4.69, 9.17) is 18.9 Å². The third kappa shape index (κ3) is 62.6. The lowest BCUT2D eigenvalue weighted by molar-refractivity contribution is -0.870. The number of rotatable bonds is 57. The molecule has 2 atom stereocenters. The van der Waals surface area contributed by atoms with Crippen molar-refractivity contribution in [3.63, 3.8) is 0 Å². The maximum absolute atomic E-state index is 12.9. The number of carbonyl (C=O) groups is 3. The number of carboxylic acids is 1. The highest BCUT2D eigenvalue weighted by atomic mass is 16.7. The van der Waals surface area contributed by atoms with Crippen LogP contribution in [0.2, 0.25) is 0 Å². The molecule has 0 rings (SSSR count). The summed E-state index contributed by atoms with van der Waals surface area (Å²) in [4.78, 5) is 37.4. The van der Waals surface area contributed by atoms with E-state index in [9.17, 15) is 19.5 Å². The van der Waals surface area contributed by atoms with E-state index in [1.807, 2.05) is 21.1 Å². The molecule has 0 saturated heterocycles. The predicted octanol–water partition coefficient (Wildman–Crippen LogP) is 18.2. The summed E-state index contributed by atoms with van der Waals surface area (Å²) in [5.41, 5.74) is 0. The van der Waals surface area contributed by atoms with Crippen LogP contribution in [0.25, 0.3) is 0 Å². The average molecular weight is 1120 g/mol. The van der Waals surface area contributed by atoms with E-state index in [0.29, 0.717) is 17.4 Å². The molecule has 0 N–H and O–H groups in total. The smallest absolute Gasteiger partial charge is 0.306 e. The number of allylic oxidation sites excluding steroid dienone is 24. The molecule has 0 spiro atoms. The van der Waals surface area contributed by atoms with Crippen LogP contribution >= 0.6 is 0 Å². The van der Waals surface area contributed by atoms with Gasteiger partial charge in [-0.25, -0.2) is 0 Å². The van der Waals surface area contributed by atoms with Crippen molar-refractivity contribution >= 4 is 17.9 Å². The average Bonchev–Trinajstić information content (AvgIpc) is 3.44. The van der Waals surface area contributed by atoms with Gasteiger partial charge in [0.15, 0.2) is 12.4 Å². The standard InChI is InChI=1S/C72H117NO8/c1-6-8-10-12-14-16-18-20-22-24-26-28-30-32-33-34-35-36-37-39-40-42-44-46-48-50-52-54-56-58-60-62-69(74)79-66-68(67-80-72(71(76)77)78-65-64-73(3,4)5)81-70(75)63-61-59-57-55-53-51-49-47-45-43-41-38-31-29-27-25-23-21-19-17-15-13-11-9-7-2/h8-11,14-17,20-23,26-29,32-33,38,41,45,47,51,53,68,72H,6-7,12-13,18-19,24-25,30-31,34-37,39-40,42-44,46,48-50,52,54-67H2,1-5H3/b10-8-,11-9-,16-14-,17-15-,22-20-,23-21-,28-26-,29-27-,33-32-,41-38-,47-45-,53-51-. The van der Waals surface area contributed by atoms with Gasteiger partial charge in [-0.3, -0.25) is 9.59 Å². The first-order valence-corrected chi connectivity index (χ1v) is 32.0. The molecule has 0 heterocycles. The molecule has 2 unspecified atom stereocenters. The van der Waals surface area contributed by atoms with Crippen molar-refractivity contribution in [2.24, 2.45) is 0 Å². The molecule has 81 heavy (non-hydrogen) atoms. The van der Waals surface area contributed by atoms with Crippen LogP contribution in [-0.4, -0.2) is 82.3 Å². The first-order valence-electron chi connectivity index (χ1n) is 32.0. The highest BCUT2D eigenvalue weighted by molar-refractivity contribution is 5.70. The van der Waals surface area contributed by atoms with Gasteiger partial charge in [0.2, 0.25) is 0 Å². The number of esters is 2. The van der Waals surface area contributed by atoms with E-state index in [1.165, 1.54) is 83.5 Å². The Labute approximate surface area is 496 Å². The minimum Gasteiger partial charge on any atom is -0.545 e. The van der Waals surface area contributed by atoms with Crippen LogP contribution in [-0.2, 0) is 33.3 Å². The predicted molar refractivity (Wildman–Crippen MR) is 342 cm³/mol. The molecule has 0 aliphatic rings. The van der Waals surface area contributed by atoms with Gasteiger partial charge in [0.05, 0.1) is 40.3 Å². The minimum absolute atomic E-state index is 0.133. The first kappa shape index (κ1) is 76.2. The van der Waals surface area contributed by atoms with Crippen molar-refractivity contribution in [3.8, 4) is 0 Å². The third-order valence-corrected chi connectivity index (χ3v) is 13.1. The quantitative estimate of drug-likeness (QED) is 0.0195. The Balaban J connectivity index is 4.25. The molecule has 0 aromatic carbocycles. The van der Waals surface area contributed by atoms with Crippen molar-refractivity contribution < 1.29 is 42.9 Å². The van der Waals surface area contributed by atoms with E-state index in [1.54, 1.807) is 0 Å². The van der Waals surface area contributed by atoms with E-state index >= 15 is 0 Å². The lowest BCUT2D eigenvalue weighted by atomic mass is 10.0. The van der Waals surface area contributed by atoms with Gasteiger partial charge >= 0.3 is 11.9 Å². The molecular formula is C72H117NO8. The second kappa shape index (κ2) is 61.2. The molecule has 0 amide bonds. The van der Waals surface area contributed by atoms with Crippen molar-refractivity contribution in [2.45, 2.75) is 245 Å². The summed E-state index contributed by atoms with van der Waals surface area (Å²) in [6.45, 7) is 4.47. The molecule has 0 bridgehead atoms. The maximum Gasteiger partial charge on any atom is 0.306 e. The molecule has 9 heteroatoms. The largest absolute Gasteiger partial charge is 0.545 e. The number of likely N-dealkylation sites (N-methyl/N-ethyl adjacent to an activating group) is 1. The fraction of sp³-hybridized carbons (Fsp3) is 0.625. The number of hydrogen-bond acceptors (Lipinski definition) is 8. The third-order valence-electron chi connectivity index (χ3n) is 13.1. The summed E-state index contributed by atoms with van der Waals surface area (Å²) in [6.07, 6.45) is 86.2. The van der Waals surface area contributed by atoms with Crippen LogP contribution in [0.3, 0.4) is 0 Å². The van der Waals surface area contributed by atoms with Crippen LogP contribution in [0.4, 0.5) is 0 Å². The van der Waals surface area contributed by atoms with Gasteiger partial charge in [-0.2, -0.15) is 0 Å². The topological polar surface area (TPSA) is 111 Å². The Kier molecular flexibility index (Phi) is 57.6. The van der Waals surface area contributed by atoms with E-state index in [-0.39, 0.29) is 38.6 Å². The van der Waals surface area contributed by atoms with Crippen LogP contribution in [0.1, 0.15) is 232 Å². The number of carboxylic acid groups (broad SMARTS) is 1. The second-order valence-corrected chi connectivity index (χ2v) is 21.9. The summed E-state index contributed by atoms with van der Waals surface area (Å²) in [6, 6.07) is 0. The van der Waals surface area contributed by atoms with E-state index < -0.39 is 24.3 Å². The molecule has 9 nitrogen and oxygen atoms in total. The van der Waals surface area contributed by atoms with E-state index in [2.05, 4.69) is 160 Å². The monoisotopic (exact) mass is 1120 g/mol. The number of hydrogen-bond donors (Lipinski definition) is 0. The Morgan fingerprint density at radius 3 is 1.00 bits per heavy atom. The number of carbonyl (C=O) groups excluding carboxylic acids is 3. The SMILES string of the molecule is CC/C=C\C/C=C\C/C=C\C/C=C\C/C=C\C/C=C\C/C=C\CCCCCC(=O)OC(COC(=O)CCCCCCCCCCCCCCCCC/C=C\C/C=C\C/C=C\C/C=C\C/C=C\CC)COC(OCC[N+](C)(C)C)C(=O)[O-]. The highest BCUT2D eigenvalue weighted by Gasteiger charge is 2.22. The summed E-state index contributed by atoms with van der Waals surface area (Å²) < 4.78 is 22.7. The Hall–Kier alpha value is -4.83. The lowest BCUT2D eigenvalue weighted by Gasteiger charge is -2.26. The summed E-state index contributed by atoms with van der Waals surface area (Å²) in [7, 11) is 5.90. The highest BCUT2D eigenvalue weighted by Crippen LogP contribution is 2.15. The van der Waals surface area contributed by atoms with Crippen molar-refractivity contribution in [2.75, 3.05) is 47.5 Å². The maximum atomic E-state index is 12.9. The minimum atomic E-state index is -1.64. The normalized spacial score (nSPS) is 13.7. The van der Waals surface area contributed by atoms with Gasteiger partial charge in [-0.05, 0) is 116 Å². The van der Waals surface area contributed by atoms with Crippen molar-refractivity contribution in [3.05, 3.63) is 146 Å². The zero-order valence-corrected chi connectivity index (χ0v) is 52.1. The molecule has 0 radical (unpaired) electrons. The summed E-state index contributed by atoms with van der Waals surface area (Å²) in [5, 5.41) is 11.8. The number of ether oxygens (including phenoxy) is 4. The Bertz CT molecular complexity index is 1840. The Morgan fingerprint density at radius 1 is 0.370 bits per heavy atom. The number of unbranched alkanes of at least 4 members (excludes halogenated alkanes) is 18.